The average Bonchev–Trinajstić information content (AvgIpc) is 2.73. The summed E-state index contributed by atoms with van der Waals surface area (Å²) in [5, 5.41) is 3.27. The van der Waals surface area contributed by atoms with Crippen molar-refractivity contribution in [3.05, 3.63) is 0 Å². The zero-order valence-electron chi connectivity index (χ0n) is 12.7. The van der Waals surface area contributed by atoms with E-state index in [9.17, 15) is 9.59 Å². The first-order valence-electron chi connectivity index (χ1n) is 8.28. The van der Waals surface area contributed by atoms with Crippen LogP contribution in [0.25, 0.3) is 0 Å². The number of nitrogens with one attached hydrogen (secondary N) is 1. The molecule has 0 aliphatic carbocycles. The first kappa shape index (κ1) is 14.8. The molecule has 1 N–H and O–H groups in total. The first-order valence-corrected chi connectivity index (χ1v) is 8.28. The Labute approximate surface area is 126 Å². The third kappa shape index (κ3) is 3.37. The molecule has 3 rings (SSSR count). The van der Waals surface area contributed by atoms with E-state index in [0.717, 1.165) is 58.5 Å². The molecule has 3 aliphatic rings. The van der Waals surface area contributed by atoms with Crippen LogP contribution in [-0.2, 0) is 9.59 Å². The highest BCUT2D eigenvalue weighted by Gasteiger charge is 2.34. The maximum atomic E-state index is 12.5. The first-order chi connectivity index (χ1) is 10.3. The predicted molar refractivity (Wildman–Crippen MR) is 79.9 cm³/mol. The largest absolute Gasteiger partial charge is 0.333 e. The van der Waals surface area contributed by atoms with Gasteiger partial charge >= 0.3 is 11.8 Å². The molecule has 6 heteroatoms. The molecule has 0 aromatic carbocycles. The van der Waals surface area contributed by atoms with Gasteiger partial charge in [-0.3, -0.25) is 14.5 Å². The fraction of sp³-hybridized carbons (Fsp3) is 0.867. The van der Waals surface area contributed by atoms with Gasteiger partial charge in [0, 0.05) is 45.3 Å². The quantitative estimate of drug-likeness (QED) is 0.612. The molecule has 118 valence electrons. The van der Waals surface area contributed by atoms with Gasteiger partial charge in [0.2, 0.25) is 0 Å². The van der Waals surface area contributed by atoms with Gasteiger partial charge in [-0.05, 0) is 38.8 Å². The molecule has 2 amide bonds. The Morgan fingerprint density at radius 1 is 0.810 bits per heavy atom. The van der Waals surface area contributed by atoms with Crippen molar-refractivity contribution in [2.75, 3.05) is 52.4 Å². The molecule has 0 spiro atoms. The van der Waals surface area contributed by atoms with Gasteiger partial charge in [-0.1, -0.05) is 0 Å². The highest BCUT2D eigenvalue weighted by molar-refractivity contribution is 6.34. The van der Waals surface area contributed by atoms with Crippen LogP contribution in [0.2, 0.25) is 0 Å². The molecule has 1 atom stereocenters. The summed E-state index contributed by atoms with van der Waals surface area (Å²) in [6.45, 7) is 6.73. The van der Waals surface area contributed by atoms with Gasteiger partial charge in [0.1, 0.15) is 0 Å². The lowest BCUT2D eigenvalue weighted by Gasteiger charge is -2.27. The van der Waals surface area contributed by atoms with E-state index in [1.54, 1.807) is 9.80 Å². The molecule has 3 aliphatic heterocycles. The molecule has 0 aromatic rings. The van der Waals surface area contributed by atoms with Crippen LogP contribution in [0, 0.1) is 0 Å². The third-order valence-corrected chi connectivity index (χ3v) is 4.90. The van der Waals surface area contributed by atoms with Crippen LogP contribution in [0.4, 0.5) is 0 Å². The molecule has 0 radical (unpaired) electrons. The van der Waals surface area contributed by atoms with E-state index in [4.69, 9.17) is 0 Å². The van der Waals surface area contributed by atoms with E-state index in [1.807, 2.05) is 0 Å². The molecule has 3 heterocycles. The normalized spacial score (nSPS) is 27.9. The third-order valence-electron chi connectivity index (χ3n) is 4.90. The monoisotopic (exact) mass is 294 g/mol. The van der Waals surface area contributed by atoms with Crippen LogP contribution in [0.1, 0.15) is 25.7 Å². The summed E-state index contributed by atoms with van der Waals surface area (Å²) in [7, 11) is 0. The summed E-state index contributed by atoms with van der Waals surface area (Å²) in [6.07, 6.45) is 4.29. The summed E-state index contributed by atoms with van der Waals surface area (Å²) >= 11 is 0. The second-order valence-corrected chi connectivity index (χ2v) is 6.33. The number of carbonyl (C=O) groups excluding carboxylic acids is 2. The fourth-order valence-corrected chi connectivity index (χ4v) is 3.71. The Bertz CT molecular complexity index is 393. The SMILES string of the molecule is O=C(C(=O)N1CCCN2CCCC2C1)N1CCCNCC1. The van der Waals surface area contributed by atoms with E-state index in [1.165, 1.54) is 6.42 Å². The van der Waals surface area contributed by atoms with Crippen molar-refractivity contribution < 1.29 is 9.59 Å². The maximum absolute atomic E-state index is 12.5. The molecular weight excluding hydrogens is 268 g/mol. The molecule has 21 heavy (non-hydrogen) atoms. The van der Waals surface area contributed by atoms with Gasteiger partial charge in [-0.25, -0.2) is 0 Å². The number of carbonyl (C=O) groups is 2. The van der Waals surface area contributed by atoms with Crippen molar-refractivity contribution in [2.45, 2.75) is 31.7 Å². The van der Waals surface area contributed by atoms with Crippen molar-refractivity contribution in [2.24, 2.45) is 0 Å². The van der Waals surface area contributed by atoms with E-state index >= 15 is 0 Å². The maximum Gasteiger partial charge on any atom is 0.312 e. The van der Waals surface area contributed by atoms with Crippen LogP contribution < -0.4 is 5.32 Å². The Kier molecular flexibility index (Phi) is 4.75. The summed E-state index contributed by atoms with van der Waals surface area (Å²) < 4.78 is 0. The molecule has 0 bridgehead atoms. The van der Waals surface area contributed by atoms with Crippen LogP contribution in [0.5, 0.6) is 0 Å². The number of hydrogen-bond donors (Lipinski definition) is 1. The highest BCUT2D eigenvalue weighted by Crippen LogP contribution is 2.21. The van der Waals surface area contributed by atoms with Crippen LogP contribution >= 0.6 is 0 Å². The average molecular weight is 294 g/mol. The summed E-state index contributed by atoms with van der Waals surface area (Å²) in [4.78, 5) is 31.0. The zero-order valence-corrected chi connectivity index (χ0v) is 12.7. The van der Waals surface area contributed by atoms with Crippen LogP contribution in [0.15, 0.2) is 0 Å². The number of fused-ring (bicyclic) bond motifs is 1. The fourth-order valence-electron chi connectivity index (χ4n) is 3.71. The number of rotatable bonds is 0. The van der Waals surface area contributed by atoms with E-state index in [0.29, 0.717) is 19.1 Å². The van der Waals surface area contributed by atoms with Crippen molar-refractivity contribution in [1.82, 2.24) is 20.0 Å². The zero-order chi connectivity index (χ0) is 14.7. The molecule has 0 saturated carbocycles. The molecule has 6 nitrogen and oxygen atoms in total. The summed E-state index contributed by atoms with van der Waals surface area (Å²) in [5.41, 5.74) is 0. The summed E-state index contributed by atoms with van der Waals surface area (Å²) in [5.74, 6) is -0.587. The minimum atomic E-state index is -0.301. The van der Waals surface area contributed by atoms with Gasteiger partial charge in [0.05, 0.1) is 0 Å². The second kappa shape index (κ2) is 6.75. The van der Waals surface area contributed by atoms with Crippen LogP contribution in [0.3, 0.4) is 0 Å². The Balaban J connectivity index is 1.61. The lowest BCUT2D eigenvalue weighted by atomic mass is 10.2. The molecular formula is C15H26N4O2. The Morgan fingerprint density at radius 2 is 1.57 bits per heavy atom. The van der Waals surface area contributed by atoms with E-state index in [-0.39, 0.29) is 11.8 Å². The smallest absolute Gasteiger partial charge is 0.312 e. The van der Waals surface area contributed by atoms with Crippen LogP contribution in [-0.4, -0.2) is 84.9 Å². The van der Waals surface area contributed by atoms with E-state index in [2.05, 4.69) is 10.2 Å². The standard InChI is InChI=1S/C15H26N4O2/c20-14(18-8-2-5-16-6-11-18)15(21)19-10-3-9-17-7-1-4-13(17)12-19/h13,16H,1-12H2. The van der Waals surface area contributed by atoms with Crippen molar-refractivity contribution in [1.29, 1.82) is 0 Å². The lowest BCUT2D eigenvalue weighted by Crippen LogP contribution is -2.48. The summed E-state index contributed by atoms with van der Waals surface area (Å²) in [6, 6.07) is 0.468. The topological polar surface area (TPSA) is 55.9 Å². The van der Waals surface area contributed by atoms with Crippen molar-refractivity contribution >= 4 is 11.8 Å². The van der Waals surface area contributed by atoms with Gasteiger partial charge in [-0.2, -0.15) is 0 Å². The lowest BCUT2D eigenvalue weighted by molar-refractivity contribution is -0.151. The number of amides is 2. The van der Waals surface area contributed by atoms with Gasteiger partial charge in [0.15, 0.2) is 0 Å². The van der Waals surface area contributed by atoms with E-state index < -0.39 is 0 Å². The highest BCUT2D eigenvalue weighted by atomic mass is 16.2. The Hall–Kier alpha value is -1.14. The Morgan fingerprint density at radius 3 is 2.48 bits per heavy atom. The number of nitrogens with zero attached hydrogens (tertiary/aromatic N) is 3. The molecule has 3 fully saturated rings. The predicted octanol–water partition coefficient (Wildman–Crippen LogP) is -0.495. The van der Waals surface area contributed by atoms with Crippen molar-refractivity contribution in [3.8, 4) is 0 Å². The van der Waals surface area contributed by atoms with Crippen molar-refractivity contribution in [3.63, 3.8) is 0 Å². The van der Waals surface area contributed by atoms with Gasteiger partial charge in [0.25, 0.3) is 0 Å². The molecule has 1 unspecified atom stereocenters. The minimum Gasteiger partial charge on any atom is -0.333 e. The minimum absolute atomic E-state index is 0.286. The second-order valence-electron chi connectivity index (χ2n) is 6.33. The van der Waals surface area contributed by atoms with Gasteiger partial charge < -0.3 is 15.1 Å². The molecule has 3 saturated heterocycles. The van der Waals surface area contributed by atoms with Gasteiger partial charge in [-0.15, -0.1) is 0 Å². The number of hydrogen-bond acceptors (Lipinski definition) is 4. The molecule has 0 aromatic heterocycles.